The molecule has 1 aromatic rings. The highest BCUT2D eigenvalue weighted by molar-refractivity contribution is 5.04. The number of rotatable bonds is 5. The van der Waals surface area contributed by atoms with E-state index < -0.39 is 0 Å². The molecule has 1 N–H and O–H groups in total. The van der Waals surface area contributed by atoms with Crippen molar-refractivity contribution in [2.45, 2.75) is 58.0 Å². The maximum absolute atomic E-state index is 4.51. The molecule has 2 rings (SSSR count). The van der Waals surface area contributed by atoms with Gasteiger partial charge >= 0.3 is 0 Å². The van der Waals surface area contributed by atoms with Gasteiger partial charge in [-0.2, -0.15) is 0 Å². The molecule has 1 saturated heterocycles. The second-order valence-corrected chi connectivity index (χ2v) is 4.88. The van der Waals surface area contributed by atoms with Crippen LogP contribution >= 0.6 is 0 Å². The fourth-order valence-corrected chi connectivity index (χ4v) is 2.70. The normalized spacial score (nSPS) is 25.1. The monoisotopic (exact) mass is 221 g/mol. The minimum absolute atomic E-state index is 0.316. The molecule has 0 bridgehead atoms. The van der Waals surface area contributed by atoms with Gasteiger partial charge in [-0.25, -0.2) is 4.98 Å². The van der Waals surface area contributed by atoms with Crippen LogP contribution in [0.1, 0.15) is 45.4 Å². The van der Waals surface area contributed by atoms with Crippen LogP contribution in [0.5, 0.6) is 0 Å². The highest BCUT2D eigenvalue weighted by atomic mass is 15.1. The Kier molecular flexibility index (Phi) is 3.64. The largest absolute Gasteiger partial charge is 0.335 e. The highest BCUT2D eigenvalue weighted by Gasteiger charge is 2.32. The van der Waals surface area contributed by atoms with Crippen molar-refractivity contribution in [2.24, 2.45) is 0 Å². The van der Waals surface area contributed by atoms with Gasteiger partial charge in [0, 0.05) is 30.9 Å². The van der Waals surface area contributed by atoms with Crippen LogP contribution in [-0.2, 0) is 13.0 Å². The molecule has 0 saturated carbocycles. The molecule has 1 aliphatic heterocycles. The minimum Gasteiger partial charge on any atom is -0.335 e. The molecular weight excluding hydrogens is 198 g/mol. The van der Waals surface area contributed by atoms with Crippen molar-refractivity contribution in [2.75, 3.05) is 6.54 Å². The van der Waals surface area contributed by atoms with Crippen LogP contribution in [0.4, 0.5) is 0 Å². The lowest BCUT2D eigenvalue weighted by Gasteiger charge is -2.28. The van der Waals surface area contributed by atoms with Crippen molar-refractivity contribution in [3.8, 4) is 0 Å². The zero-order valence-electron chi connectivity index (χ0n) is 10.5. The number of aromatic nitrogens is 2. The van der Waals surface area contributed by atoms with E-state index in [0.29, 0.717) is 5.54 Å². The summed E-state index contributed by atoms with van der Waals surface area (Å²) in [5.74, 6) is 1.25. The quantitative estimate of drug-likeness (QED) is 0.827. The lowest BCUT2D eigenvalue weighted by Crippen LogP contribution is -2.41. The van der Waals surface area contributed by atoms with Gasteiger partial charge in [-0.05, 0) is 32.2 Å². The Labute approximate surface area is 98.3 Å². The molecule has 0 aliphatic carbocycles. The molecule has 3 heteroatoms. The summed E-state index contributed by atoms with van der Waals surface area (Å²) in [6.45, 7) is 6.76. The predicted molar refractivity (Wildman–Crippen MR) is 66.5 cm³/mol. The molecule has 16 heavy (non-hydrogen) atoms. The average molecular weight is 221 g/mol. The van der Waals surface area contributed by atoms with Gasteiger partial charge < -0.3 is 9.88 Å². The summed E-state index contributed by atoms with van der Waals surface area (Å²) in [4.78, 5) is 4.51. The summed E-state index contributed by atoms with van der Waals surface area (Å²) in [6, 6.07) is 0. The van der Waals surface area contributed by atoms with Crippen molar-refractivity contribution < 1.29 is 0 Å². The number of aryl methyl sites for hydroxylation is 1. The molecule has 3 nitrogen and oxygen atoms in total. The van der Waals surface area contributed by atoms with Gasteiger partial charge in [-0.3, -0.25) is 0 Å². The van der Waals surface area contributed by atoms with Crippen molar-refractivity contribution in [1.82, 2.24) is 14.9 Å². The summed E-state index contributed by atoms with van der Waals surface area (Å²) in [5.41, 5.74) is 0.316. The van der Waals surface area contributed by atoms with E-state index in [-0.39, 0.29) is 0 Å². The Morgan fingerprint density at radius 2 is 2.38 bits per heavy atom. The summed E-state index contributed by atoms with van der Waals surface area (Å²) in [7, 11) is 0. The van der Waals surface area contributed by atoms with Gasteiger partial charge in [0.15, 0.2) is 0 Å². The van der Waals surface area contributed by atoms with E-state index in [4.69, 9.17) is 0 Å². The van der Waals surface area contributed by atoms with E-state index in [0.717, 1.165) is 13.0 Å². The average Bonchev–Trinajstić information content (AvgIpc) is 2.91. The minimum atomic E-state index is 0.316. The van der Waals surface area contributed by atoms with Crippen LogP contribution in [0.3, 0.4) is 0 Å². The molecule has 90 valence electrons. The molecule has 2 heterocycles. The molecule has 1 aliphatic rings. The standard InChI is InChI=1S/C13H23N3/c1-3-9-16-10-8-14-12(16)11-13(4-2)6-5-7-15-13/h8,10,15H,3-7,9,11H2,1-2H3. The van der Waals surface area contributed by atoms with Crippen LogP contribution in [0.15, 0.2) is 12.4 Å². The predicted octanol–water partition coefficient (Wildman–Crippen LogP) is 2.37. The highest BCUT2D eigenvalue weighted by Crippen LogP contribution is 2.26. The first-order valence-corrected chi connectivity index (χ1v) is 6.55. The van der Waals surface area contributed by atoms with E-state index in [1.54, 1.807) is 0 Å². The smallest absolute Gasteiger partial charge is 0.110 e. The molecule has 1 aromatic heterocycles. The second kappa shape index (κ2) is 5.00. The Balaban J connectivity index is 2.09. The molecule has 0 amide bonds. The third-order valence-corrected chi connectivity index (χ3v) is 3.77. The molecule has 1 unspecified atom stereocenters. The summed E-state index contributed by atoms with van der Waals surface area (Å²) >= 11 is 0. The molecular formula is C13H23N3. The summed E-state index contributed by atoms with van der Waals surface area (Å²) < 4.78 is 2.30. The SMILES string of the molecule is CCCn1ccnc1CC1(CC)CCCN1. The van der Waals surface area contributed by atoms with E-state index in [9.17, 15) is 0 Å². The Bertz CT molecular complexity index is 324. The molecule has 0 aromatic carbocycles. The first-order valence-electron chi connectivity index (χ1n) is 6.55. The zero-order chi connectivity index (χ0) is 11.4. The van der Waals surface area contributed by atoms with Crippen LogP contribution in [-0.4, -0.2) is 21.6 Å². The van der Waals surface area contributed by atoms with Crippen molar-refractivity contribution in [1.29, 1.82) is 0 Å². The summed E-state index contributed by atoms with van der Waals surface area (Å²) in [6.07, 6.45) is 10.1. The number of nitrogens with zero attached hydrogens (tertiary/aromatic N) is 2. The van der Waals surface area contributed by atoms with Gasteiger partial charge in [-0.15, -0.1) is 0 Å². The third kappa shape index (κ3) is 2.29. The fourth-order valence-electron chi connectivity index (χ4n) is 2.70. The van der Waals surface area contributed by atoms with Crippen molar-refractivity contribution in [3.05, 3.63) is 18.2 Å². The number of hydrogen-bond acceptors (Lipinski definition) is 2. The van der Waals surface area contributed by atoms with Gasteiger partial charge in [0.1, 0.15) is 5.82 Å². The molecule has 1 fully saturated rings. The van der Waals surface area contributed by atoms with E-state index >= 15 is 0 Å². The summed E-state index contributed by atoms with van der Waals surface area (Å²) in [5, 5.41) is 3.67. The topological polar surface area (TPSA) is 29.9 Å². The Morgan fingerprint density at radius 3 is 3.00 bits per heavy atom. The van der Waals surface area contributed by atoms with E-state index in [2.05, 4.69) is 34.9 Å². The van der Waals surface area contributed by atoms with Gasteiger partial charge in [0.25, 0.3) is 0 Å². The molecule has 0 spiro atoms. The van der Waals surface area contributed by atoms with E-state index in [1.807, 2.05) is 6.20 Å². The Morgan fingerprint density at radius 1 is 1.50 bits per heavy atom. The van der Waals surface area contributed by atoms with Gasteiger partial charge in [0.05, 0.1) is 0 Å². The third-order valence-electron chi connectivity index (χ3n) is 3.77. The second-order valence-electron chi connectivity index (χ2n) is 4.88. The van der Waals surface area contributed by atoms with Crippen LogP contribution in [0.25, 0.3) is 0 Å². The van der Waals surface area contributed by atoms with Crippen LogP contribution in [0.2, 0.25) is 0 Å². The number of nitrogens with one attached hydrogen (secondary N) is 1. The maximum Gasteiger partial charge on any atom is 0.110 e. The maximum atomic E-state index is 4.51. The first kappa shape index (κ1) is 11.6. The lowest BCUT2D eigenvalue weighted by atomic mass is 9.90. The van der Waals surface area contributed by atoms with Crippen molar-refractivity contribution in [3.63, 3.8) is 0 Å². The van der Waals surface area contributed by atoms with Gasteiger partial charge in [-0.1, -0.05) is 13.8 Å². The molecule has 1 atom stereocenters. The number of hydrogen-bond donors (Lipinski definition) is 1. The van der Waals surface area contributed by atoms with Crippen LogP contribution < -0.4 is 5.32 Å². The van der Waals surface area contributed by atoms with Crippen LogP contribution in [0, 0.1) is 0 Å². The van der Waals surface area contributed by atoms with Gasteiger partial charge in [0.2, 0.25) is 0 Å². The van der Waals surface area contributed by atoms with Crippen molar-refractivity contribution >= 4 is 0 Å². The number of imidazole rings is 1. The Hall–Kier alpha value is -0.830. The zero-order valence-corrected chi connectivity index (χ0v) is 10.5. The van der Waals surface area contributed by atoms with E-state index in [1.165, 1.54) is 38.1 Å². The lowest BCUT2D eigenvalue weighted by molar-refractivity contribution is 0.347. The fraction of sp³-hybridized carbons (Fsp3) is 0.769. The first-order chi connectivity index (χ1) is 7.79. The molecule has 0 radical (unpaired) electrons.